The molecule has 1 aliphatic carbocycles. The minimum atomic E-state index is -0.466. The van der Waals surface area contributed by atoms with Gasteiger partial charge in [0.25, 0.3) is 0 Å². The van der Waals surface area contributed by atoms with Gasteiger partial charge >= 0.3 is 0 Å². The van der Waals surface area contributed by atoms with Crippen LogP contribution in [0.25, 0.3) is 22.3 Å². The molecule has 1 atom stereocenters. The van der Waals surface area contributed by atoms with Crippen LogP contribution in [0.1, 0.15) is 45.2 Å². The van der Waals surface area contributed by atoms with Crippen molar-refractivity contribution in [1.82, 2.24) is 10.3 Å². The highest BCUT2D eigenvalue weighted by molar-refractivity contribution is 5.90. The maximum absolute atomic E-state index is 6.51. The number of rotatable bonds is 3. The van der Waals surface area contributed by atoms with Crippen LogP contribution in [-0.2, 0) is 5.41 Å². The van der Waals surface area contributed by atoms with Crippen molar-refractivity contribution >= 4 is 5.82 Å². The second kappa shape index (κ2) is 9.70. The van der Waals surface area contributed by atoms with Crippen molar-refractivity contribution in [2.24, 2.45) is 0 Å². The average Bonchev–Trinajstić information content (AvgIpc) is 3.67. The first-order valence-electron chi connectivity index (χ1n) is 15.5. The van der Waals surface area contributed by atoms with E-state index in [2.05, 4.69) is 151 Å². The molecule has 0 amide bonds. The smallest absolute Gasteiger partial charge is 0.135 e. The third-order valence-corrected chi connectivity index (χ3v) is 9.52. The van der Waals surface area contributed by atoms with Crippen LogP contribution in [0.2, 0.25) is 0 Å². The molecule has 0 saturated carbocycles. The first-order chi connectivity index (χ1) is 22.1. The summed E-state index contributed by atoms with van der Waals surface area (Å²) in [5, 5.41) is 3.51. The van der Waals surface area contributed by atoms with E-state index in [9.17, 15) is 0 Å². The van der Waals surface area contributed by atoms with Crippen LogP contribution in [0, 0.1) is 13.8 Å². The minimum absolute atomic E-state index is 0.0132. The molecule has 0 saturated heterocycles. The maximum Gasteiger partial charge on any atom is 0.135 e. The van der Waals surface area contributed by atoms with Gasteiger partial charge in [0.15, 0.2) is 0 Å². The van der Waals surface area contributed by atoms with Crippen molar-refractivity contribution < 1.29 is 4.74 Å². The van der Waals surface area contributed by atoms with Gasteiger partial charge in [-0.3, -0.25) is 0 Å². The van der Waals surface area contributed by atoms with Gasteiger partial charge in [0.05, 0.1) is 5.41 Å². The van der Waals surface area contributed by atoms with E-state index in [1.165, 1.54) is 55.6 Å². The van der Waals surface area contributed by atoms with Crippen molar-refractivity contribution in [3.05, 3.63) is 179 Å². The number of aryl methyl sites for hydroxylation is 2. The van der Waals surface area contributed by atoms with Gasteiger partial charge in [0.1, 0.15) is 23.5 Å². The Morgan fingerprint density at radius 3 is 2.02 bits per heavy atom. The molecular weight excluding hydrogens is 550 g/mol. The number of para-hydroxylation sites is 2. The predicted molar refractivity (Wildman–Crippen MR) is 180 cm³/mol. The SMILES string of the molecule is Cc1cc(C)nc(N2C=CNC2c2ccc(-c3ccc4c(c3)C3(c5ccccc5Oc5ccccc53)c3ccccc3-4)cc2)c1. The van der Waals surface area contributed by atoms with Crippen LogP contribution in [0.15, 0.2) is 140 Å². The number of aromatic nitrogens is 1. The Balaban J connectivity index is 1.16. The summed E-state index contributed by atoms with van der Waals surface area (Å²) >= 11 is 0. The van der Waals surface area contributed by atoms with Crippen LogP contribution in [0.4, 0.5) is 5.82 Å². The summed E-state index contributed by atoms with van der Waals surface area (Å²) in [6, 6.07) is 46.1. The Bertz CT molecular complexity index is 2100. The van der Waals surface area contributed by atoms with Crippen LogP contribution in [0.3, 0.4) is 0 Å². The summed E-state index contributed by atoms with van der Waals surface area (Å²) in [7, 11) is 0. The molecule has 45 heavy (non-hydrogen) atoms. The Morgan fingerprint density at radius 2 is 1.29 bits per heavy atom. The van der Waals surface area contributed by atoms with Crippen molar-refractivity contribution in [2.75, 3.05) is 4.90 Å². The molecule has 1 aromatic heterocycles. The second-order valence-corrected chi connectivity index (χ2v) is 12.2. The molecule has 1 N–H and O–H groups in total. The zero-order chi connectivity index (χ0) is 30.1. The molecule has 4 heteroatoms. The van der Waals surface area contributed by atoms with Crippen molar-refractivity contribution in [2.45, 2.75) is 25.4 Å². The number of fused-ring (bicyclic) bond motifs is 9. The summed E-state index contributed by atoms with van der Waals surface area (Å²) in [4.78, 5) is 7.01. The van der Waals surface area contributed by atoms with E-state index in [1.54, 1.807) is 0 Å². The van der Waals surface area contributed by atoms with Crippen LogP contribution in [-0.4, -0.2) is 4.98 Å². The zero-order valence-corrected chi connectivity index (χ0v) is 25.2. The Kier molecular flexibility index (Phi) is 5.57. The number of hydrogen-bond acceptors (Lipinski definition) is 4. The Morgan fingerprint density at radius 1 is 0.644 bits per heavy atom. The highest BCUT2D eigenvalue weighted by Crippen LogP contribution is 2.62. The van der Waals surface area contributed by atoms with E-state index in [4.69, 9.17) is 9.72 Å². The standard InChI is InChI=1S/C41H31N3O/c1-26-23-27(2)43-39(24-26)44-22-21-42-40(44)29-17-15-28(16-18-29)30-19-20-32-31-9-3-4-10-33(31)41(36(32)25-30)34-11-5-7-13-37(34)45-38-14-8-6-12-35(38)41/h3-25,40,42H,1-2H3. The molecule has 6 aromatic rings. The van der Waals surface area contributed by atoms with E-state index in [0.29, 0.717) is 0 Å². The second-order valence-electron chi connectivity index (χ2n) is 12.2. The zero-order valence-electron chi connectivity index (χ0n) is 25.2. The normalized spacial score (nSPS) is 16.4. The fraction of sp³-hybridized carbons (Fsp3) is 0.0976. The Labute approximate surface area is 263 Å². The third kappa shape index (κ3) is 3.75. The number of benzene rings is 5. The molecule has 1 spiro atoms. The molecule has 3 heterocycles. The molecule has 0 radical (unpaired) electrons. The van der Waals surface area contributed by atoms with Gasteiger partial charge in [-0.05, 0) is 88.7 Å². The first-order valence-corrected chi connectivity index (χ1v) is 15.5. The lowest BCUT2D eigenvalue weighted by molar-refractivity contribution is 0.436. The van der Waals surface area contributed by atoms with Gasteiger partial charge in [0, 0.05) is 29.2 Å². The van der Waals surface area contributed by atoms with E-state index in [-0.39, 0.29) is 6.17 Å². The van der Waals surface area contributed by atoms with E-state index in [0.717, 1.165) is 23.0 Å². The van der Waals surface area contributed by atoms with E-state index >= 15 is 0 Å². The fourth-order valence-electron chi connectivity index (χ4n) is 7.69. The number of ether oxygens (including phenoxy) is 1. The van der Waals surface area contributed by atoms with Gasteiger partial charge in [-0.25, -0.2) is 4.98 Å². The number of anilines is 1. The Hall–Kier alpha value is -5.61. The molecule has 3 aliphatic rings. The lowest BCUT2D eigenvalue weighted by Gasteiger charge is -2.39. The first kappa shape index (κ1) is 25.8. The van der Waals surface area contributed by atoms with Crippen LogP contribution >= 0.6 is 0 Å². The van der Waals surface area contributed by atoms with Gasteiger partial charge < -0.3 is 15.0 Å². The largest absolute Gasteiger partial charge is 0.457 e. The molecule has 0 fully saturated rings. The summed E-state index contributed by atoms with van der Waals surface area (Å²) in [5.74, 6) is 2.77. The topological polar surface area (TPSA) is 37.4 Å². The summed E-state index contributed by atoms with van der Waals surface area (Å²) in [6.45, 7) is 4.16. The molecule has 216 valence electrons. The molecule has 2 aliphatic heterocycles. The fourth-order valence-corrected chi connectivity index (χ4v) is 7.69. The van der Waals surface area contributed by atoms with Gasteiger partial charge in [-0.2, -0.15) is 0 Å². The number of nitrogens with one attached hydrogen (secondary N) is 1. The van der Waals surface area contributed by atoms with Gasteiger partial charge in [0.2, 0.25) is 0 Å². The predicted octanol–water partition coefficient (Wildman–Crippen LogP) is 9.41. The van der Waals surface area contributed by atoms with E-state index < -0.39 is 5.41 Å². The van der Waals surface area contributed by atoms with Gasteiger partial charge in [-0.15, -0.1) is 0 Å². The number of nitrogens with zero attached hydrogens (tertiary/aromatic N) is 2. The van der Waals surface area contributed by atoms with E-state index in [1.807, 2.05) is 13.1 Å². The summed E-state index contributed by atoms with van der Waals surface area (Å²) in [6.07, 6.45) is 4.06. The van der Waals surface area contributed by atoms with Crippen molar-refractivity contribution in [3.63, 3.8) is 0 Å². The van der Waals surface area contributed by atoms with Gasteiger partial charge in [-0.1, -0.05) is 97.1 Å². The summed E-state index contributed by atoms with van der Waals surface area (Å²) < 4.78 is 6.51. The molecule has 5 aromatic carbocycles. The lowest BCUT2D eigenvalue weighted by Crippen LogP contribution is -2.32. The van der Waals surface area contributed by atoms with Crippen LogP contribution in [0.5, 0.6) is 11.5 Å². The monoisotopic (exact) mass is 581 g/mol. The van der Waals surface area contributed by atoms with Crippen molar-refractivity contribution in [1.29, 1.82) is 0 Å². The lowest BCUT2D eigenvalue weighted by atomic mass is 9.66. The van der Waals surface area contributed by atoms with Crippen molar-refractivity contribution in [3.8, 4) is 33.8 Å². The molecule has 0 bridgehead atoms. The maximum atomic E-state index is 6.51. The molecule has 9 rings (SSSR count). The average molecular weight is 582 g/mol. The quantitative estimate of drug-likeness (QED) is 0.226. The molecule has 1 unspecified atom stereocenters. The number of pyridine rings is 1. The summed E-state index contributed by atoms with van der Waals surface area (Å²) in [5.41, 5.74) is 12.8. The minimum Gasteiger partial charge on any atom is -0.457 e. The third-order valence-electron chi connectivity index (χ3n) is 9.52. The molecular formula is C41H31N3O. The van der Waals surface area contributed by atoms with Crippen LogP contribution < -0.4 is 15.0 Å². The molecule has 4 nitrogen and oxygen atoms in total. The highest BCUT2D eigenvalue weighted by Gasteiger charge is 2.51. The number of hydrogen-bond donors (Lipinski definition) is 1. The highest BCUT2D eigenvalue weighted by atomic mass is 16.5.